The zero-order valence-electron chi connectivity index (χ0n) is 15.2. The normalized spacial score (nSPS) is 11.7. The van der Waals surface area contributed by atoms with E-state index in [1.807, 2.05) is 44.2 Å². The predicted octanol–water partition coefficient (Wildman–Crippen LogP) is 2.17. The largest absolute Gasteiger partial charge is 0.491 e. The predicted molar refractivity (Wildman–Crippen MR) is 103 cm³/mol. The Morgan fingerprint density at radius 2 is 2.00 bits per heavy atom. The molecule has 0 fully saturated rings. The lowest BCUT2D eigenvalue weighted by atomic mass is 10.1. The number of anilines is 1. The fraction of sp³-hybridized carbons (Fsp3) is 0.278. The molecule has 0 bridgehead atoms. The second-order valence-corrected chi connectivity index (χ2v) is 8.61. The molecule has 0 saturated heterocycles. The molecule has 0 aliphatic heterocycles. The molecule has 142 valence electrons. The SMILES string of the molecule is CC(C)Oc1cccc(-c2ccc3nc(NC(=O)CS(C)(=O)=O)nn3c2)c1. The second-order valence-electron chi connectivity index (χ2n) is 6.47. The molecule has 0 saturated carbocycles. The van der Waals surface area contributed by atoms with Crippen molar-refractivity contribution >= 4 is 27.3 Å². The molecule has 3 aromatic rings. The summed E-state index contributed by atoms with van der Waals surface area (Å²) >= 11 is 0. The van der Waals surface area contributed by atoms with Gasteiger partial charge in [-0.3, -0.25) is 10.1 Å². The standard InChI is InChI=1S/C18H20N4O4S/c1-12(2)26-15-6-4-5-13(9-15)14-7-8-16-19-18(21-22(16)10-14)20-17(23)11-27(3,24)25/h4-10,12H,11H2,1-3H3,(H,20,21,23). The Labute approximate surface area is 157 Å². The van der Waals surface area contributed by atoms with Crippen molar-refractivity contribution < 1.29 is 17.9 Å². The van der Waals surface area contributed by atoms with E-state index in [1.54, 1.807) is 12.3 Å². The van der Waals surface area contributed by atoms with Crippen molar-refractivity contribution in [3.63, 3.8) is 0 Å². The van der Waals surface area contributed by atoms with Gasteiger partial charge in [0.2, 0.25) is 11.9 Å². The first kappa shape index (κ1) is 18.8. The molecule has 1 N–H and O–H groups in total. The highest BCUT2D eigenvalue weighted by atomic mass is 32.2. The Morgan fingerprint density at radius 3 is 2.70 bits per heavy atom. The summed E-state index contributed by atoms with van der Waals surface area (Å²) < 4.78 is 29.6. The Morgan fingerprint density at radius 1 is 1.22 bits per heavy atom. The molecule has 9 heteroatoms. The monoisotopic (exact) mass is 388 g/mol. The molecule has 0 radical (unpaired) electrons. The van der Waals surface area contributed by atoms with Gasteiger partial charge in [0, 0.05) is 18.0 Å². The van der Waals surface area contributed by atoms with Gasteiger partial charge in [-0.2, -0.15) is 4.98 Å². The minimum absolute atomic E-state index is 0.0534. The second kappa shape index (κ2) is 7.36. The molecular formula is C18H20N4O4S. The molecule has 2 aromatic heterocycles. The number of rotatable bonds is 6. The van der Waals surface area contributed by atoms with Crippen LogP contribution in [0.15, 0.2) is 42.6 Å². The molecule has 1 aromatic carbocycles. The van der Waals surface area contributed by atoms with Gasteiger partial charge in [0.05, 0.1) is 6.10 Å². The van der Waals surface area contributed by atoms with Crippen molar-refractivity contribution in [3.8, 4) is 16.9 Å². The quantitative estimate of drug-likeness (QED) is 0.694. The molecule has 2 heterocycles. The summed E-state index contributed by atoms with van der Waals surface area (Å²) in [5, 5.41) is 6.58. The summed E-state index contributed by atoms with van der Waals surface area (Å²) in [5.41, 5.74) is 2.38. The topological polar surface area (TPSA) is 103 Å². The molecule has 0 atom stereocenters. The van der Waals surface area contributed by atoms with E-state index in [0.717, 1.165) is 23.1 Å². The molecule has 27 heavy (non-hydrogen) atoms. The number of benzene rings is 1. The number of fused-ring (bicyclic) bond motifs is 1. The van der Waals surface area contributed by atoms with E-state index >= 15 is 0 Å². The molecule has 0 unspecified atom stereocenters. The number of nitrogens with zero attached hydrogens (tertiary/aromatic N) is 3. The maximum absolute atomic E-state index is 11.7. The number of sulfone groups is 1. The summed E-state index contributed by atoms with van der Waals surface area (Å²) in [4.78, 5) is 15.9. The van der Waals surface area contributed by atoms with Gasteiger partial charge >= 0.3 is 0 Å². The van der Waals surface area contributed by atoms with Crippen LogP contribution >= 0.6 is 0 Å². The molecule has 0 aliphatic carbocycles. The molecule has 0 spiro atoms. The summed E-state index contributed by atoms with van der Waals surface area (Å²) in [5.74, 6) is -0.462. The average Bonchev–Trinajstić information content (AvgIpc) is 2.93. The number of hydrogen-bond donors (Lipinski definition) is 1. The fourth-order valence-electron chi connectivity index (χ4n) is 2.53. The zero-order valence-corrected chi connectivity index (χ0v) is 16.0. The van der Waals surface area contributed by atoms with Crippen molar-refractivity contribution in [1.29, 1.82) is 0 Å². The maximum atomic E-state index is 11.7. The lowest BCUT2D eigenvalue weighted by molar-refractivity contribution is -0.113. The summed E-state index contributed by atoms with van der Waals surface area (Å²) in [7, 11) is -3.42. The van der Waals surface area contributed by atoms with Crippen LogP contribution in [-0.2, 0) is 14.6 Å². The van der Waals surface area contributed by atoms with E-state index < -0.39 is 21.5 Å². The minimum Gasteiger partial charge on any atom is -0.491 e. The van der Waals surface area contributed by atoms with E-state index in [1.165, 1.54) is 4.52 Å². The van der Waals surface area contributed by atoms with Crippen molar-refractivity contribution in [2.45, 2.75) is 20.0 Å². The molecule has 0 aliphatic rings. The third-order valence-corrected chi connectivity index (χ3v) is 4.30. The highest BCUT2D eigenvalue weighted by Gasteiger charge is 2.14. The number of nitrogens with one attached hydrogen (secondary N) is 1. The lowest BCUT2D eigenvalue weighted by Gasteiger charge is -2.11. The van der Waals surface area contributed by atoms with Crippen LogP contribution in [0, 0.1) is 0 Å². The van der Waals surface area contributed by atoms with Crippen LogP contribution in [0.3, 0.4) is 0 Å². The van der Waals surface area contributed by atoms with Crippen molar-refractivity contribution in [3.05, 3.63) is 42.6 Å². The van der Waals surface area contributed by atoms with Gasteiger partial charge in [-0.05, 0) is 43.7 Å². The van der Waals surface area contributed by atoms with Crippen LogP contribution in [0.5, 0.6) is 5.75 Å². The number of carbonyl (C=O) groups excluding carboxylic acids is 1. The molecule has 1 amide bonds. The number of pyridine rings is 1. The van der Waals surface area contributed by atoms with Crippen molar-refractivity contribution in [2.24, 2.45) is 0 Å². The first-order chi connectivity index (χ1) is 12.7. The van der Waals surface area contributed by atoms with Gasteiger partial charge in [0.15, 0.2) is 15.5 Å². The molecule has 3 rings (SSSR count). The number of ether oxygens (including phenoxy) is 1. The average molecular weight is 388 g/mol. The van der Waals surface area contributed by atoms with E-state index in [0.29, 0.717) is 5.65 Å². The minimum atomic E-state index is -3.42. The third-order valence-electron chi connectivity index (χ3n) is 3.51. The number of hydrogen-bond acceptors (Lipinski definition) is 6. The maximum Gasteiger partial charge on any atom is 0.249 e. The summed E-state index contributed by atoms with van der Waals surface area (Å²) in [6.07, 6.45) is 2.85. The zero-order chi connectivity index (χ0) is 19.6. The van der Waals surface area contributed by atoms with Crippen LogP contribution in [0.1, 0.15) is 13.8 Å². The molecular weight excluding hydrogens is 368 g/mol. The van der Waals surface area contributed by atoms with Crippen molar-refractivity contribution in [2.75, 3.05) is 17.3 Å². The van der Waals surface area contributed by atoms with E-state index in [9.17, 15) is 13.2 Å². The number of carbonyl (C=O) groups is 1. The summed E-state index contributed by atoms with van der Waals surface area (Å²) in [6.45, 7) is 3.93. The lowest BCUT2D eigenvalue weighted by Crippen LogP contribution is -2.22. The Balaban J connectivity index is 1.85. The fourth-order valence-corrected chi connectivity index (χ4v) is 3.08. The van der Waals surface area contributed by atoms with Crippen LogP contribution in [0.25, 0.3) is 16.8 Å². The van der Waals surface area contributed by atoms with Gasteiger partial charge in [0.1, 0.15) is 11.5 Å². The van der Waals surface area contributed by atoms with Crippen LogP contribution in [0.4, 0.5) is 5.95 Å². The van der Waals surface area contributed by atoms with Crippen LogP contribution < -0.4 is 10.1 Å². The van der Waals surface area contributed by atoms with Gasteiger partial charge in [-0.1, -0.05) is 12.1 Å². The number of amides is 1. The van der Waals surface area contributed by atoms with Gasteiger partial charge in [-0.25, -0.2) is 12.9 Å². The van der Waals surface area contributed by atoms with E-state index in [-0.39, 0.29) is 12.1 Å². The van der Waals surface area contributed by atoms with Crippen LogP contribution in [-0.4, -0.2) is 47.0 Å². The Bertz CT molecular complexity index is 1090. The summed E-state index contributed by atoms with van der Waals surface area (Å²) in [6, 6.07) is 11.4. The first-order valence-electron chi connectivity index (χ1n) is 8.31. The van der Waals surface area contributed by atoms with Gasteiger partial charge in [0.25, 0.3) is 0 Å². The third kappa shape index (κ3) is 5.04. The highest BCUT2D eigenvalue weighted by Crippen LogP contribution is 2.25. The highest BCUT2D eigenvalue weighted by molar-refractivity contribution is 7.91. The first-order valence-corrected chi connectivity index (χ1v) is 10.4. The van der Waals surface area contributed by atoms with Crippen LogP contribution in [0.2, 0.25) is 0 Å². The van der Waals surface area contributed by atoms with E-state index in [4.69, 9.17) is 4.74 Å². The van der Waals surface area contributed by atoms with Gasteiger partial charge in [-0.15, -0.1) is 5.10 Å². The molecule has 8 nitrogen and oxygen atoms in total. The van der Waals surface area contributed by atoms with E-state index in [2.05, 4.69) is 15.4 Å². The van der Waals surface area contributed by atoms with Gasteiger partial charge < -0.3 is 4.74 Å². The Kier molecular flexibility index (Phi) is 5.13. The number of aromatic nitrogens is 3. The van der Waals surface area contributed by atoms with Crippen molar-refractivity contribution in [1.82, 2.24) is 14.6 Å². The smallest absolute Gasteiger partial charge is 0.249 e. The Hall–Kier alpha value is -2.94.